The van der Waals surface area contributed by atoms with Crippen LogP contribution in [-0.2, 0) is 11.8 Å². The van der Waals surface area contributed by atoms with Crippen molar-refractivity contribution in [3.8, 4) is 5.75 Å². The van der Waals surface area contributed by atoms with Gasteiger partial charge < -0.3 is 4.74 Å². The van der Waals surface area contributed by atoms with E-state index in [-0.39, 0.29) is 5.41 Å². The van der Waals surface area contributed by atoms with E-state index in [1.165, 1.54) is 5.56 Å². The van der Waals surface area contributed by atoms with Gasteiger partial charge in [-0.05, 0) is 30.7 Å². The lowest BCUT2D eigenvalue weighted by Gasteiger charge is -2.28. The van der Waals surface area contributed by atoms with Crippen molar-refractivity contribution in [2.45, 2.75) is 45.4 Å². The Morgan fingerprint density at radius 2 is 2.27 bits per heavy atom. The molecular formula is C13H19NO. The van der Waals surface area contributed by atoms with Crippen molar-refractivity contribution in [3.63, 3.8) is 0 Å². The molecule has 82 valence electrons. The van der Waals surface area contributed by atoms with Crippen molar-refractivity contribution in [2.24, 2.45) is 0 Å². The third kappa shape index (κ3) is 1.85. The van der Waals surface area contributed by atoms with Crippen LogP contribution in [0.2, 0.25) is 0 Å². The highest BCUT2D eigenvalue weighted by molar-refractivity contribution is 5.42. The summed E-state index contributed by atoms with van der Waals surface area (Å²) in [5.74, 6) is 1.05. The highest BCUT2D eigenvalue weighted by Crippen LogP contribution is 2.37. The van der Waals surface area contributed by atoms with E-state index in [0.717, 1.165) is 37.3 Å². The second kappa shape index (κ2) is 3.84. The summed E-state index contributed by atoms with van der Waals surface area (Å²) in [5, 5.41) is 0. The molecule has 1 aromatic heterocycles. The predicted molar refractivity (Wildman–Crippen MR) is 61.4 cm³/mol. The maximum atomic E-state index is 5.78. The smallest absolute Gasteiger partial charge is 0.144 e. The number of rotatable bonds is 2. The van der Waals surface area contributed by atoms with Crippen LogP contribution in [0.3, 0.4) is 0 Å². The zero-order chi connectivity index (χ0) is 10.9. The summed E-state index contributed by atoms with van der Waals surface area (Å²) in [7, 11) is 0. The molecule has 2 nitrogen and oxygen atoms in total. The summed E-state index contributed by atoms with van der Waals surface area (Å²) in [6.45, 7) is 7.59. The van der Waals surface area contributed by atoms with Crippen molar-refractivity contribution < 1.29 is 4.74 Å². The first-order chi connectivity index (χ1) is 7.15. The maximum absolute atomic E-state index is 5.78. The van der Waals surface area contributed by atoms with Crippen LogP contribution >= 0.6 is 0 Å². The number of nitrogens with zero attached hydrogens (tertiary/aromatic N) is 1. The number of ether oxygens (including phenoxy) is 1. The molecule has 0 aliphatic carbocycles. The average molecular weight is 205 g/mol. The lowest BCUT2D eigenvalue weighted by Crippen LogP contribution is -2.21. The van der Waals surface area contributed by atoms with Crippen LogP contribution in [0.15, 0.2) is 12.3 Å². The van der Waals surface area contributed by atoms with E-state index in [1.807, 2.05) is 6.20 Å². The topological polar surface area (TPSA) is 22.1 Å². The molecule has 0 unspecified atom stereocenters. The van der Waals surface area contributed by atoms with Crippen molar-refractivity contribution >= 4 is 0 Å². The Balaban J connectivity index is 2.48. The number of pyridine rings is 1. The molecular weight excluding hydrogens is 186 g/mol. The van der Waals surface area contributed by atoms with Gasteiger partial charge in [0.2, 0.25) is 0 Å². The van der Waals surface area contributed by atoms with Crippen LogP contribution in [-0.4, -0.2) is 11.6 Å². The molecule has 0 amide bonds. The van der Waals surface area contributed by atoms with E-state index in [9.17, 15) is 0 Å². The summed E-state index contributed by atoms with van der Waals surface area (Å²) in [5.41, 5.74) is 2.64. The van der Waals surface area contributed by atoms with E-state index in [0.29, 0.717) is 0 Å². The minimum absolute atomic E-state index is 0.185. The summed E-state index contributed by atoms with van der Waals surface area (Å²) in [6, 6.07) is 2.10. The zero-order valence-electron chi connectivity index (χ0n) is 9.84. The molecule has 0 radical (unpaired) electrons. The first-order valence-electron chi connectivity index (χ1n) is 5.76. The fraction of sp³-hybridized carbons (Fsp3) is 0.615. The Bertz CT molecular complexity index is 358. The molecule has 0 atom stereocenters. The summed E-state index contributed by atoms with van der Waals surface area (Å²) >= 11 is 0. The van der Waals surface area contributed by atoms with Gasteiger partial charge in [-0.15, -0.1) is 0 Å². The molecule has 0 saturated heterocycles. The lowest BCUT2D eigenvalue weighted by atomic mass is 9.81. The van der Waals surface area contributed by atoms with Crippen molar-refractivity contribution in [1.82, 2.24) is 4.98 Å². The second-order valence-corrected chi connectivity index (χ2v) is 4.82. The van der Waals surface area contributed by atoms with Gasteiger partial charge in [-0.1, -0.05) is 20.8 Å². The average Bonchev–Trinajstić information content (AvgIpc) is 2.28. The molecule has 0 saturated carbocycles. The Kier molecular flexibility index (Phi) is 2.68. The Morgan fingerprint density at radius 1 is 1.47 bits per heavy atom. The lowest BCUT2D eigenvalue weighted by molar-refractivity contribution is 0.274. The fourth-order valence-electron chi connectivity index (χ4n) is 1.97. The van der Waals surface area contributed by atoms with Crippen molar-refractivity contribution in [1.29, 1.82) is 0 Å². The van der Waals surface area contributed by atoms with E-state index in [2.05, 4.69) is 31.8 Å². The Hall–Kier alpha value is -1.05. The first kappa shape index (κ1) is 10.5. The molecule has 15 heavy (non-hydrogen) atoms. The van der Waals surface area contributed by atoms with Crippen LogP contribution < -0.4 is 4.74 Å². The highest BCUT2D eigenvalue weighted by atomic mass is 16.5. The second-order valence-electron chi connectivity index (χ2n) is 4.82. The van der Waals surface area contributed by atoms with Gasteiger partial charge in [-0.3, -0.25) is 4.98 Å². The molecule has 0 spiro atoms. The van der Waals surface area contributed by atoms with Gasteiger partial charge in [-0.2, -0.15) is 0 Å². The minimum Gasteiger partial charge on any atom is -0.491 e. The molecule has 0 bridgehead atoms. The minimum atomic E-state index is 0.185. The normalized spacial score (nSPS) is 15.7. The van der Waals surface area contributed by atoms with Gasteiger partial charge in [0, 0.05) is 11.8 Å². The van der Waals surface area contributed by atoms with Gasteiger partial charge in [0.05, 0.1) is 12.3 Å². The Morgan fingerprint density at radius 3 is 3.00 bits per heavy atom. The summed E-state index contributed by atoms with van der Waals surface area (Å²) in [4.78, 5) is 4.40. The number of hydrogen-bond donors (Lipinski definition) is 0. The number of hydrogen-bond acceptors (Lipinski definition) is 2. The van der Waals surface area contributed by atoms with Crippen molar-refractivity contribution in [3.05, 3.63) is 23.5 Å². The van der Waals surface area contributed by atoms with Crippen LogP contribution in [0.25, 0.3) is 0 Å². The molecule has 2 rings (SSSR count). The molecule has 0 fully saturated rings. The molecule has 1 aromatic rings. The fourth-order valence-corrected chi connectivity index (χ4v) is 1.97. The molecule has 1 aliphatic heterocycles. The van der Waals surface area contributed by atoms with Gasteiger partial charge in [-0.25, -0.2) is 0 Å². The molecule has 0 aromatic carbocycles. The number of aromatic nitrogens is 1. The van der Waals surface area contributed by atoms with E-state index in [1.54, 1.807) is 0 Å². The van der Waals surface area contributed by atoms with Gasteiger partial charge >= 0.3 is 0 Å². The number of aryl methyl sites for hydroxylation is 1. The van der Waals surface area contributed by atoms with Crippen LogP contribution in [0.4, 0.5) is 0 Å². The molecule has 0 N–H and O–H groups in total. The third-order valence-corrected chi connectivity index (χ3v) is 3.40. The SMILES string of the molecule is CCC(C)(C)c1ccnc2c1OCCC2. The van der Waals surface area contributed by atoms with E-state index < -0.39 is 0 Å². The largest absolute Gasteiger partial charge is 0.491 e. The monoisotopic (exact) mass is 205 g/mol. The third-order valence-electron chi connectivity index (χ3n) is 3.40. The number of fused-ring (bicyclic) bond motifs is 1. The quantitative estimate of drug-likeness (QED) is 0.740. The van der Waals surface area contributed by atoms with Gasteiger partial charge in [0.15, 0.2) is 0 Å². The van der Waals surface area contributed by atoms with E-state index >= 15 is 0 Å². The van der Waals surface area contributed by atoms with Crippen LogP contribution in [0, 0.1) is 0 Å². The van der Waals surface area contributed by atoms with Crippen LogP contribution in [0.1, 0.15) is 44.9 Å². The predicted octanol–water partition coefficient (Wildman–Crippen LogP) is 3.09. The van der Waals surface area contributed by atoms with Crippen LogP contribution in [0.5, 0.6) is 5.75 Å². The molecule has 2 heterocycles. The van der Waals surface area contributed by atoms with Gasteiger partial charge in [0.25, 0.3) is 0 Å². The zero-order valence-corrected chi connectivity index (χ0v) is 9.84. The summed E-state index contributed by atoms with van der Waals surface area (Å²) in [6.07, 6.45) is 5.19. The maximum Gasteiger partial charge on any atom is 0.144 e. The standard InChI is InChI=1S/C13H19NO/c1-4-13(2,3)10-7-8-14-11-6-5-9-15-12(10)11/h7-8H,4-6,9H2,1-3H3. The molecule has 1 aliphatic rings. The van der Waals surface area contributed by atoms with E-state index in [4.69, 9.17) is 4.74 Å². The Labute approximate surface area is 91.7 Å². The van der Waals surface area contributed by atoms with Gasteiger partial charge in [0.1, 0.15) is 5.75 Å². The van der Waals surface area contributed by atoms with Crippen molar-refractivity contribution in [2.75, 3.05) is 6.61 Å². The summed E-state index contributed by atoms with van der Waals surface area (Å²) < 4.78 is 5.78. The molecule has 2 heteroatoms. The highest BCUT2D eigenvalue weighted by Gasteiger charge is 2.26. The first-order valence-corrected chi connectivity index (χ1v) is 5.76.